The summed E-state index contributed by atoms with van der Waals surface area (Å²) in [6.07, 6.45) is 1.54. The van der Waals surface area contributed by atoms with Crippen LogP contribution in [0.3, 0.4) is 0 Å². The minimum atomic E-state index is -0.534. The monoisotopic (exact) mass is 365 g/mol. The van der Waals surface area contributed by atoms with Crippen molar-refractivity contribution < 1.29 is 9.72 Å². The molecule has 1 amide bonds. The molecule has 2 aromatic rings. The molecule has 0 saturated heterocycles. The van der Waals surface area contributed by atoms with Crippen molar-refractivity contribution in [3.05, 3.63) is 63.7 Å². The van der Waals surface area contributed by atoms with Crippen LogP contribution in [-0.2, 0) is 10.2 Å². The fourth-order valence-electron chi connectivity index (χ4n) is 4.06. The summed E-state index contributed by atoms with van der Waals surface area (Å²) in [5.41, 5.74) is 2.61. The van der Waals surface area contributed by atoms with Gasteiger partial charge in [0.15, 0.2) is 0 Å². The average Bonchev–Trinajstić information content (AvgIpc) is 3.39. The van der Waals surface area contributed by atoms with Crippen LogP contribution in [0.25, 0.3) is 0 Å². The number of benzene rings is 2. The molecule has 1 aliphatic carbocycles. The van der Waals surface area contributed by atoms with E-state index in [1.807, 2.05) is 51.1 Å². The van der Waals surface area contributed by atoms with Crippen molar-refractivity contribution >= 4 is 23.0 Å². The van der Waals surface area contributed by atoms with Gasteiger partial charge in [-0.05, 0) is 50.8 Å². The van der Waals surface area contributed by atoms with E-state index >= 15 is 0 Å². The zero-order chi connectivity index (χ0) is 19.3. The van der Waals surface area contributed by atoms with E-state index in [2.05, 4.69) is 5.32 Å². The van der Waals surface area contributed by atoms with Gasteiger partial charge in [0.2, 0.25) is 5.91 Å². The smallest absolute Gasteiger partial charge is 0.292 e. The zero-order valence-corrected chi connectivity index (χ0v) is 15.7. The summed E-state index contributed by atoms with van der Waals surface area (Å²) in [6, 6.07) is 13.1. The number of carbonyl (C=O) groups excluding carboxylic acids is 1. The number of nitrogens with zero attached hydrogens (tertiary/aromatic N) is 2. The molecule has 1 saturated carbocycles. The van der Waals surface area contributed by atoms with Crippen LogP contribution in [0.4, 0.5) is 17.1 Å². The molecule has 6 heteroatoms. The number of hydrogen-bond donors (Lipinski definition) is 1. The molecule has 1 atom stereocenters. The predicted octanol–water partition coefficient (Wildman–Crippen LogP) is 4.55. The maximum absolute atomic E-state index is 13.0. The van der Waals surface area contributed by atoms with Gasteiger partial charge in [-0.15, -0.1) is 0 Å². The van der Waals surface area contributed by atoms with Gasteiger partial charge in [-0.25, -0.2) is 0 Å². The summed E-state index contributed by atoms with van der Waals surface area (Å²) in [5.74, 6) is 0.0788. The van der Waals surface area contributed by atoms with Crippen LogP contribution in [0, 0.1) is 10.1 Å². The number of nitro groups is 1. The van der Waals surface area contributed by atoms with Crippen LogP contribution in [0.2, 0.25) is 0 Å². The Hall–Kier alpha value is -2.89. The van der Waals surface area contributed by atoms with E-state index in [1.54, 1.807) is 17.0 Å². The van der Waals surface area contributed by atoms with Crippen LogP contribution in [0.15, 0.2) is 42.5 Å². The molecule has 1 aliphatic heterocycles. The lowest BCUT2D eigenvalue weighted by Crippen LogP contribution is -2.37. The lowest BCUT2D eigenvalue weighted by atomic mass is 9.96. The van der Waals surface area contributed by atoms with E-state index < -0.39 is 5.41 Å². The normalized spacial score (nSPS) is 17.9. The van der Waals surface area contributed by atoms with Crippen molar-refractivity contribution in [1.29, 1.82) is 0 Å². The van der Waals surface area contributed by atoms with Crippen LogP contribution >= 0.6 is 0 Å². The van der Waals surface area contributed by atoms with Crippen LogP contribution < -0.4 is 10.2 Å². The molecule has 0 bridgehead atoms. The Labute approximate surface area is 158 Å². The summed E-state index contributed by atoms with van der Waals surface area (Å²) < 4.78 is 0. The first kappa shape index (κ1) is 17.5. The van der Waals surface area contributed by atoms with Crippen molar-refractivity contribution in [2.45, 2.75) is 51.1 Å². The van der Waals surface area contributed by atoms with E-state index in [1.165, 1.54) is 0 Å². The van der Waals surface area contributed by atoms with E-state index in [4.69, 9.17) is 0 Å². The fraction of sp³-hybridized carbons (Fsp3) is 0.381. The summed E-state index contributed by atoms with van der Waals surface area (Å²) in [5, 5.41) is 15.0. The minimum Gasteiger partial charge on any atom is -0.373 e. The molecule has 2 aromatic carbocycles. The highest BCUT2D eigenvalue weighted by molar-refractivity contribution is 6.11. The van der Waals surface area contributed by atoms with Gasteiger partial charge in [0.05, 0.1) is 16.0 Å². The third kappa shape index (κ3) is 2.67. The van der Waals surface area contributed by atoms with Gasteiger partial charge in [0.1, 0.15) is 5.69 Å². The highest BCUT2D eigenvalue weighted by atomic mass is 16.6. The largest absolute Gasteiger partial charge is 0.373 e. The summed E-state index contributed by atoms with van der Waals surface area (Å²) >= 11 is 0. The molecule has 4 rings (SSSR count). The Kier molecular flexibility index (Phi) is 3.94. The second kappa shape index (κ2) is 6.08. The van der Waals surface area contributed by atoms with Gasteiger partial charge < -0.3 is 10.2 Å². The number of fused-ring (bicyclic) bond motifs is 2. The molecule has 2 aliphatic rings. The molecule has 140 valence electrons. The maximum atomic E-state index is 13.0. The number of nitrogens with one attached hydrogen (secondary N) is 1. The van der Waals surface area contributed by atoms with Crippen LogP contribution in [-0.4, -0.2) is 16.9 Å². The fourth-order valence-corrected chi connectivity index (χ4v) is 4.06. The van der Waals surface area contributed by atoms with Gasteiger partial charge >= 0.3 is 0 Å². The predicted molar refractivity (Wildman–Crippen MR) is 105 cm³/mol. The van der Waals surface area contributed by atoms with E-state index in [9.17, 15) is 14.9 Å². The van der Waals surface area contributed by atoms with Crippen LogP contribution in [0.5, 0.6) is 0 Å². The first-order valence-corrected chi connectivity index (χ1v) is 9.33. The second-order valence-electron chi connectivity index (χ2n) is 7.77. The lowest BCUT2D eigenvalue weighted by Gasteiger charge is -2.23. The molecule has 0 unspecified atom stereocenters. The summed E-state index contributed by atoms with van der Waals surface area (Å²) in [4.78, 5) is 26.1. The van der Waals surface area contributed by atoms with Crippen molar-refractivity contribution in [3.8, 4) is 0 Å². The van der Waals surface area contributed by atoms with Crippen molar-refractivity contribution in [3.63, 3.8) is 0 Å². The van der Waals surface area contributed by atoms with Gasteiger partial charge in [-0.1, -0.05) is 30.3 Å². The zero-order valence-electron chi connectivity index (χ0n) is 15.7. The molecule has 27 heavy (non-hydrogen) atoms. The molecule has 1 spiro atoms. The Morgan fingerprint density at radius 3 is 2.37 bits per heavy atom. The van der Waals surface area contributed by atoms with Crippen molar-refractivity contribution in [2.75, 3.05) is 10.2 Å². The Morgan fingerprint density at radius 2 is 1.81 bits per heavy atom. The highest BCUT2D eigenvalue weighted by Gasteiger charge is 2.60. The number of nitro benzene ring substituents is 1. The molecule has 1 N–H and O–H groups in total. The Balaban J connectivity index is 1.79. The Morgan fingerprint density at radius 1 is 1.15 bits per heavy atom. The standard InChI is InChI=1S/C21H23N3O3/c1-13(2)23-18-12-17(22-14(3)15-7-5-4-6-8-15)19(24(26)27)11-16(18)21(9-10-21)20(23)25/h4-8,11-14,22H,9-10H2,1-3H3/t14-/m0/s1. The number of carbonyl (C=O) groups is 1. The first-order valence-electron chi connectivity index (χ1n) is 9.33. The molecular formula is C21H23N3O3. The molecule has 1 fully saturated rings. The first-order chi connectivity index (χ1) is 12.8. The SMILES string of the molecule is CC(C)N1C(=O)C2(CC2)c2cc([N+](=O)[O-])c(N[C@@H](C)c3ccccc3)cc21. The molecule has 0 radical (unpaired) electrons. The highest BCUT2D eigenvalue weighted by Crippen LogP contribution is 2.59. The average molecular weight is 365 g/mol. The topological polar surface area (TPSA) is 75.5 Å². The van der Waals surface area contributed by atoms with Gasteiger partial charge in [0.25, 0.3) is 5.69 Å². The number of hydrogen-bond acceptors (Lipinski definition) is 4. The molecule has 0 aromatic heterocycles. The summed E-state index contributed by atoms with van der Waals surface area (Å²) in [7, 11) is 0. The van der Waals surface area contributed by atoms with Crippen molar-refractivity contribution in [2.24, 2.45) is 0 Å². The number of anilines is 2. The third-order valence-electron chi connectivity index (χ3n) is 5.65. The number of amides is 1. The van der Waals surface area contributed by atoms with Crippen LogP contribution in [0.1, 0.15) is 50.8 Å². The van der Waals surface area contributed by atoms with Gasteiger partial charge in [0, 0.05) is 18.2 Å². The third-order valence-corrected chi connectivity index (χ3v) is 5.65. The van der Waals surface area contributed by atoms with E-state index in [0.29, 0.717) is 5.69 Å². The van der Waals surface area contributed by atoms with Crippen molar-refractivity contribution in [1.82, 2.24) is 0 Å². The quantitative estimate of drug-likeness (QED) is 0.623. The Bertz CT molecular complexity index is 920. The second-order valence-corrected chi connectivity index (χ2v) is 7.77. The maximum Gasteiger partial charge on any atom is 0.292 e. The molecular weight excluding hydrogens is 342 g/mol. The number of rotatable bonds is 5. The van der Waals surface area contributed by atoms with Gasteiger partial charge in [-0.3, -0.25) is 14.9 Å². The lowest BCUT2D eigenvalue weighted by molar-refractivity contribution is -0.384. The molecule has 6 nitrogen and oxygen atoms in total. The molecule has 1 heterocycles. The van der Waals surface area contributed by atoms with E-state index in [0.717, 1.165) is 29.7 Å². The van der Waals surface area contributed by atoms with E-state index in [-0.39, 0.29) is 28.6 Å². The minimum absolute atomic E-state index is 0.0112. The van der Waals surface area contributed by atoms with Gasteiger partial charge in [-0.2, -0.15) is 0 Å². The summed E-state index contributed by atoms with van der Waals surface area (Å²) in [6.45, 7) is 5.93.